The lowest BCUT2D eigenvalue weighted by Crippen LogP contribution is -2.36. The van der Waals surface area contributed by atoms with Crippen LogP contribution in [0, 0.1) is 5.82 Å². The van der Waals surface area contributed by atoms with Gasteiger partial charge in [-0.25, -0.2) is 14.0 Å². The summed E-state index contributed by atoms with van der Waals surface area (Å²) in [6.45, 7) is 6.06. The lowest BCUT2D eigenvalue weighted by molar-refractivity contribution is -0.136. The minimum Gasteiger partial charge on any atom is -0.462 e. The number of ether oxygens (including phenoxy) is 2. The summed E-state index contributed by atoms with van der Waals surface area (Å²) in [4.78, 5) is 42.7. The molecule has 1 aliphatic rings. The second kappa shape index (κ2) is 9.25. The van der Waals surface area contributed by atoms with Crippen LogP contribution in [0.3, 0.4) is 0 Å². The molecular formula is C26H26FN3O5. The normalized spacial score (nSPS) is 14.5. The summed E-state index contributed by atoms with van der Waals surface area (Å²) in [6, 6.07) is 10.4. The number of hydrogen-bond acceptors (Lipinski definition) is 5. The summed E-state index contributed by atoms with van der Waals surface area (Å²) in [6.07, 6.45) is 0.883. The molecule has 0 fully saturated rings. The molecule has 8 nitrogen and oxygen atoms in total. The van der Waals surface area contributed by atoms with E-state index in [-0.39, 0.29) is 24.6 Å². The second-order valence-electron chi connectivity index (χ2n) is 8.81. The van der Waals surface area contributed by atoms with Crippen LogP contribution in [0.2, 0.25) is 0 Å². The predicted molar refractivity (Wildman–Crippen MR) is 128 cm³/mol. The largest absolute Gasteiger partial charge is 0.462 e. The van der Waals surface area contributed by atoms with E-state index in [0.717, 1.165) is 10.9 Å². The molecule has 0 atom stereocenters. The number of aromatic nitrogens is 1. The topological polar surface area (TPSA) is 101 Å². The smallest absolute Gasteiger partial charge is 0.412 e. The van der Waals surface area contributed by atoms with Gasteiger partial charge in [-0.05, 0) is 48.9 Å². The van der Waals surface area contributed by atoms with Crippen LogP contribution in [0.1, 0.15) is 42.4 Å². The van der Waals surface area contributed by atoms with E-state index < -0.39 is 23.3 Å². The Kier molecular flexibility index (Phi) is 6.34. The number of esters is 1. The Hall–Kier alpha value is -4.14. The van der Waals surface area contributed by atoms with Crippen molar-refractivity contribution in [3.63, 3.8) is 0 Å². The van der Waals surface area contributed by atoms with E-state index in [1.54, 1.807) is 19.1 Å². The third-order valence-corrected chi connectivity index (χ3v) is 5.83. The number of amides is 2. The van der Waals surface area contributed by atoms with Crippen molar-refractivity contribution in [3.8, 4) is 5.75 Å². The zero-order valence-corrected chi connectivity index (χ0v) is 19.9. The maximum atomic E-state index is 13.4. The van der Waals surface area contributed by atoms with E-state index in [2.05, 4.69) is 10.3 Å². The van der Waals surface area contributed by atoms with Gasteiger partial charge < -0.3 is 24.7 Å². The molecule has 9 heteroatoms. The van der Waals surface area contributed by atoms with Crippen LogP contribution in [0.5, 0.6) is 5.75 Å². The van der Waals surface area contributed by atoms with Crippen molar-refractivity contribution in [1.29, 1.82) is 0 Å². The number of benzene rings is 2. The third kappa shape index (κ3) is 4.62. The lowest BCUT2D eigenvalue weighted by Gasteiger charge is -2.29. The SMILES string of the molecule is CCOC(=O)C1=CN(C(=O)c2ccc(F)cc2)CC(C)(C)c2c1[nH]c1cc(OC(=O)NC)ccc21. The average molecular weight is 480 g/mol. The fourth-order valence-electron chi connectivity index (χ4n) is 4.33. The summed E-state index contributed by atoms with van der Waals surface area (Å²) in [5.74, 6) is -1.06. The van der Waals surface area contributed by atoms with Crippen molar-refractivity contribution in [1.82, 2.24) is 15.2 Å². The second-order valence-corrected chi connectivity index (χ2v) is 8.81. The van der Waals surface area contributed by atoms with Crippen molar-refractivity contribution in [2.45, 2.75) is 26.2 Å². The van der Waals surface area contributed by atoms with Gasteiger partial charge in [0.1, 0.15) is 11.6 Å². The molecule has 0 saturated heterocycles. The van der Waals surface area contributed by atoms with Crippen molar-refractivity contribution >= 4 is 34.4 Å². The molecule has 2 aromatic carbocycles. The zero-order chi connectivity index (χ0) is 25.3. The molecule has 35 heavy (non-hydrogen) atoms. The quantitative estimate of drug-likeness (QED) is 0.542. The van der Waals surface area contributed by atoms with Gasteiger partial charge in [0.05, 0.1) is 17.9 Å². The van der Waals surface area contributed by atoms with Crippen LogP contribution in [0.15, 0.2) is 48.7 Å². The first-order valence-electron chi connectivity index (χ1n) is 11.2. The van der Waals surface area contributed by atoms with Crippen LogP contribution < -0.4 is 10.1 Å². The molecule has 0 radical (unpaired) electrons. The predicted octanol–water partition coefficient (Wildman–Crippen LogP) is 4.36. The Bertz CT molecular complexity index is 1340. The van der Waals surface area contributed by atoms with E-state index in [1.807, 2.05) is 19.9 Å². The molecule has 1 aliphatic heterocycles. The highest BCUT2D eigenvalue weighted by Gasteiger charge is 2.37. The number of carbonyl (C=O) groups excluding carboxylic acids is 3. The number of fused-ring (bicyclic) bond motifs is 3. The van der Waals surface area contributed by atoms with Gasteiger partial charge in [-0.15, -0.1) is 0 Å². The summed E-state index contributed by atoms with van der Waals surface area (Å²) >= 11 is 0. The molecule has 0 saturated carbocycles. The van der Waals surface area contributed by atoms with Crippen LogP contribution in [0.4, 0.5) is 9.18 Å². The fourth-order valence-corrected chi connectivity index (χ4v) is 4.33. The van der Waals surface area contributed by atoms with Crippen LogP contribution in [-0.4, -0.2) is 48.1 Å². The first kappa shape index (κ1) is 24.0. The summed E-state index contributed by atoms with van der Waals surface area (Å²) in [5.41, 5.74) is 1.90. The number of aromatic amines is 1. The molecule has 0 unspecified atom stereocenters. The summed E-state index contributed by atoms with van der Waals surface area (Å²) < 4.78 is 24.0. The van der Waals surface area contributed by atoms with E-state index in [0.29, 0.717) is 22.5 Å². The van der Waals surface area contributed by atoms with Crippen molar-refractivity contribution in [2.75, 3.05) is 20.2 Å². The third-order valence-electron chi connectivity index (χ3n) is 5.83. The van der Waals surface area contributed by atoms with Gasteiger partial charge in [-0.1, -0.05) is 13.8 Å². The Labute approximate surface area is 201 Å². The van der Waals surface area contributed by atoms with E-state index in [4.69, 9.17) is 9.47 Å². The highest BCUT2D eigenvalue weighted by Crippen LogP contribution is 2.41. The molecular weight excluding hydrogens is 453 g/mol. The molecule has 0 aliphatic carbocycles. The molecule has 0 bridgehead atoms. The number of carbonyl (C=O) groups is 3. The van der Waals surface area contributed by atoms with Gasteiger partial charge in [0.25, 0.3) is 5.91 Å². The van der Waals surface area contributed by atoms with Gasteiger partial charge in [-0.2, -0.15) is 0 Å². The first-order valence-corrected chi connectivity index (χ1v) is 11.2. The summed E-state index contributed by atoms with van der Waals surface area (Å²) in [5, 5.41) is 3.22. The minimum atomic E-state index is -0.600. The average Bonchev–Trinajstić information content (AvgIpc) is 3.15. The molecule has 2 heterocycles. The standard InChI is InChI=1S/C26H26FN3O5/c1-5-34-24(32)19-13-30(23(31)15-6-8-16(27)9-7-15)14-26(2,3)21-18-11-10-17(35-25(33)28-4)12-20(18)29-22(19)21/h6-13,29H,5,14H2,1-4H3,(H,28,33). The molecule has 182 valence electrons. The molecule has 0 spiro atoms. The number of hydrogen-bond donors (Lipinski definition) is 2. The monoisotopic (exact) mass is 479 g/mol. The van der Waals surface area contributed by atoms with Crippen LogP contribution in [0.25, 0.3) is 16.5 Å². The van der Waals surface area contributed by atoms with E-state index in [1.165, 1.54) is 42.4 Å². The van der Waals surface area contributed by atoms with Gasteiger partial charge >= 0.3 is 12.1 Å². The zero-order valence-electron chi connectivity index (χ0n) is 19.9. The highest BCUT2D eigenvalue weighted by molar-refractivity contribution is 6.18. The summed E-state index contributed by atoms with van der Waals surface area (Å²) in [7, 11) is 1.47. The molecule has 2 amide bonds. The Morgan fingerprint density at radius 1 is 1.14 bits per heavy atom. The van der Waals surface area contributed by atoms with Crippen LogP contribution >= 0.6 is 0 Å². The number of halogens is 1. The Morgan fingerprint density at radius 2 is 1.86 bits per heavy atom. The molecule has 3 aromatic rings. The number of rotatable bonds is 4. The van der Waals surface area contributed by atoms with Gasteiger partial charge in [0.15, 0.2) is 0 Å². The first-order chi connectivity index (χ1) is 16.6. The number of nitrogens with zero attached hydrogens (tertiary/aromatic N) is 1. The maximum Gasteiger partial charge on any atom is 0.412 e. The van der Waals surface area contributed by atoms with E-state index in [9.17, 15) is 18.8 Å². The van der Waals surface area contributed by atoms with Crippen molar-refractivity contribution < 1.29 is 28.2 Å². The maximum absolute atomic E-state index is 13.4. The number of nitrogens with one attached hydrogen (secondary N) is 2. The molecule has 2 N–H and O–H groups in total. The van der Waals surface area contributed by atoms with Crippen LogP contribution in [-0.2, 0) is 14.9 Å². The van der Waals surface area contributed by atoms with E-state index >= 15 is 0 Å². The van der Waals surface area contributed by atoms with Crippen molar-refractivity contribution in [3.05, 3.63) is 71.3 Å². The van der Waals surface area contributed by atoms with Gasteiger partial charge in [-0.3, -0.25) is 4.79 Å². The van der Waals surface area contributed by atoms with Gasteiger partial charge in [0, 0.05) is 47.7 Å². The minimum absolute atomic E-state index is 0.158. The lowest BCUT2D eigenvalue weighted by atomic mass is 9.81. The molecule has 1 aromatic heterocycles. The Balaban J connectivity index is 1.86. The highest BCUT2D eigenvalue weighted by atomic mass is 19.1. The Morgan fingerprint density at radius 3 is 2.51 bits per heavy atom. The molecule has 4 rings (SSSR count). The fraction of sp³-hybridized carbons (Fsp3) is 0.269. The number of H-pyrrole nitrogens is 1. The van der Waals surface area contributed by atoms with Gasteiger partial charge in [0.2, 0.25) is 0 Å². The van der Waals surface area contributed by atoms with Crippen molar-refractivity contribution in [2.24, 2.45) is 0 Å².